The Bertz CT molecular complexity index is 852. The first kappa shape index (κ1) is 20.9. The molecule has 144 valence electrons. The van der Waals surface area contributed by atoms with Crippen LogP contribution in [0.1, 0.15) is 33.3 Å². The van der Waals surface area contributed by atoms with Gasteiger partial charge >= 0.3 is 7.60 Å². The molecule has 1 aromatic carbocycles. The van der Waals surface area contributed by atoms with Crippen molar-refractivity contribution in [2.24, 2.45) is 5.41 Å². The van der Waals surface area contributed by atoms with Gasteiger partial charge in [-0.3, -0.25) is 8.87 Å². The van der Waals surface area contributed by atoms with Crippen LogP contribution in [-0.4, -0.2) is 32.2 Å². The molecule has 26 heavy (non-hydrogen) atoms. The number of rotatable bonds is 5. The van der Waals surface area contributed by atoms with Gasteiger partial charge in [0.25, 0.3) is 0 Å². The summed E-state index contributed by atoms with van der Waals surface area (Å²) in [4.78, 5) is 0. The Kier molecular flexibility index (Phi) is 6.21. The Morgan fingerprint density at radius 1 is 1.19 bits per heavy atom. The minimum absolute atomic E-state index is 0.0232. The second kappa shape index (κ2) is 7.71. The summed E-state index contributed by atoms with van der Waals surface area (Å²) in [6, 6.07) is 9.09. The number of hydrogen-bond donors (Lipinski definition) is 0. The molecule has 2 rings (SSSR count). The van der Waals surface area contributed by atoms with E-state index in [1.165, 1.54) is 0 Å². The van der Waals surface area contributed by atoms with Gasteiger partial charge in [-0.05, 0) is 25.0 Å². The van der Waals surface area contributed by atoms with Gasteiger partial charge in [-0.2, -0.15) is 0 Å². The fourth-order valence-corrected chi connectivity index (χ4v) is 5.86. The van der Waals surface area contributed by atoms with Crippen LogP contribution in [0.4, 0.5) is 0 Å². The summed E-state index contributed by atoms with van der Waals surface area (Å²) in [6.07, 6.45) is 1.07. The molecule has 0 N–H and O–H groups in total. The van der Waals surface area contributed by atoms with Gasteiger partial charge in [-0.25, -0.2) is 8.42 Å². The van der Waals surface area contributed by atoms with E-state index in [0.717, 1.165) is 16.1 Å². The summed E-state index contributed by atoms with van der Waals surface area (Å²) in [5.41, 5.74) is 3.98. The van der Waals surface area contributed by atoms with Crippen molar-refractivity contribution in [3.8, 4) is 0 Å². The van der Waals surface area contributed by atoms with Crippen LogP contribution in [0.25, 0.3) is 0 Å². The summed E-state index contributed by atoms with van der Waals surface area (Å²) in [5.74, 6) is 0. The Labute approximate surface area is 156 Å². The van der Waals surface area contributed by atoms with E-state index in [4.69, 9.17) is 9.05 Å². The van der Waals surface area contributed by atoms with Gasteiger partial charge in [-0.15, -0.1) is 0 Å². The SMILES string of the molecule is CC(C)=C=C(N(Cc1ccccc1)S(C)(=O)=O)P1(=O)OCC(C)(C)CO1. The quantitative estimate of drug-likeness (QED) is 0.550. The molecule has 8 heteroatoms. The van der Waals surface area contributed by atoms with E-state index in [2.05, 4.69) is 5.73 Å². The van der Waals surface area contributed by atoms with Crippen LogP contribution < -0.4 is 0 Å². The first-order chi connectivity index (χ1) is 11.9. The minimum atomic E-state index is -3.82. The van der Waals surface area contributed by atoms with Crippen molar-refractivity contribution >= 4 is 17.6 Å². The van der Waals surface area contributed by atoms with E-state index in [1.807, 2.05) is 32.0 Å². The van der Waals surface area contributed by atoms with Crippen LogP contribution in [0, 0.1) is 5.41 Å². The monoisotopic (exact) mass is 399 g/mol. The molecular formula is C18H26NO5PS. The maximum Gasteiger partial charge on any atom is 0.386 e. The molecule has 1 fully saturated rings. The van der Waals surface area contributed by atoms with Crippen LogP contribution in [-0.2, 0) is 30.2 Å². The molecule has 1 aromatic rings. The average Bonchev–Trinajstić information content (AvgIpc) is 2.54. The maximum atomic E-state index is 13.4. The largest absolute Gasteiger partial charge is 0.386 e. The fraction of sp³-hybridized carbons (Fsp3) is 0.500. The Morgan fingerprint density at radius 3 is 2.19 bits per heavy atom. The zero-order valence-corrected chi connectivity index (χ0v) is 17.6. The van der Waals surface area contributed by atoms with Gasteiger partial charge in [0.15, 0.2) is 5.44 Å². The van der Waals surface area contributed by atoms with Gasteiger partial charge in [0.2, 0.25) is 10.0 Å². The molecule has 6 nitrogen and oxygen atoms in total. The van der Waals surface area contributed by atoms with Crippen molar-refractivity contribution in [3.63, 3.8) is 0 Å². The summed E-state index contributed by atoms with van der Waals surface area (Å²) in [6.45, 7) is 7.81. The maximum absolute atomic E-state index is 13.4. The van der Waals surface area contributed by atoms with Crippen molar-refractivity contribution in [2.45, 2.75) is 34.2 Å². The highest BCUT2D eigenvalue weighted by Crippen LogP contribution is 2.61. The van der Waals surface area contributed by atoms with Gasteiger partial charge in [0, 0.05) is 5.41 Å². The summed E-state index contributed by atoms with van der Waals surface area (Å²) in [5, 5.41) is 0. The highest BCUT2D eigenvalue weighted by atomic mass is 32.2. The molecule has 0 aromatic heterocycles. The van der Waals surface area contributed by atoms with Crippen LogP contribution in [0.15, 0.2) is 47.1 Å². The molecular weight excluding hydrogens is 373 g/mol. The van der Waals surface area contributed by atoms with E-state index in [9.17, 15) is 13.0 Å². The third-order valence-electron chi connectivity index (χ3n) is 3.68. The summed E-state index contributed by atoms with van der Waals surface area (Å²) >= 11 is 0. The Balaban J connectivity index is 2.53. The van der Waals surface area contributed by atoms with E-state index in [-0.39, 0.29) is 30.6 Å². The van der Waals surface area contributed by atoms with E-state index < -0.39 is 17.6 Å². The first-order valence-corrected chi connectivity index (χ1v) is 11.7. The normalized spacial score (nSPS) is 18.7. The second-order valence-electron chi connectivity index (χ2n) is 7.41. The Hall–Kier alpha value is -1.36. The van der Waals surface area contributed by atoms with Crippen molar-refractivity contribution in [1.29, 1.82) is 0 Å². The third-order valence-corrected chi connectivity index (χ3v) is 6.73. The van der Waals surface area contributed by atoms with Gasteiger partial charge in [-0.1, -0.05) is 49.9 Å². The number of nitrogens with zero attached hydrogens (tertiary/aromatic N) is 1. The van der Waals surface area contributed by atoms with Crippen LogP contribution in [0.2, 0.25) is 0 Å². The fourth-order valence-electron chi connectivity index (χ4n) is 2.31. The van der Waals surface area contributed by atoms with E-state index in [1.54, 1.807) is 26.0 Å². The molecule has 1 aliphatic rings. The van der Waals surface area contributed by atoms with Crippen molar-refractivity contribution in [3.05, 3.63) is 52.6 Å². The second-order valence-corrected chi connectivity index (χ2v) is 11.3. The topological polar surface area (TPSA) is 72.9 Å². The van der Waals surface area contributed by atoms with E-state index >= 15 is 0 Å². The van der Waals surface area contributed by atoms with Gasteiger partial charge < -0.3 is 9.05 Å². The minimum Gasteiger partial charge on any atom is -0.303 e. The third kappa shape index (κ3) is 5.32. The zero-order chi connectivity index (χ0) is 19.6. The highest BCUT2D eigenvalue weighted by Gasteiger charge is 2.44. The van der Waals surface area contributed by atoms with Crippen molar-refractivity contribution < 1.29 is 22.0 Å². The lowest BCUT2D eigenvalue weighted by atomic mass is 9.97. The lowest BCUT2D eigenvalue weighted by Gasteiger charge is -2.36. The van der Waals surface area contributed by atoms with Crippen molar-refractivity contribution in [1.82, 2.24) is 4.31 Å². The molecule has 1 heterocycles. The smallest absolute Gasteiger partial charge is 0.303 e. The molecule has 0 saturated carbocycles. The van der Waals surface area contributed by atoms with Crippen LogP contribution in [0.3, 0.4) is 0 Å². The molecule has 0 aliphatic carbocycles. The molecule has 0 unspecified atom stereocenters. The van der Waals surface area contributed by atoms with Crippen LogP contribution in [0.5, 0.6) is 0 Å². The molecule has 0 spiro atoms. The molecule has 1 saturated heterocycles. The lowest BCUT2D eigenvalue weighted by molar-refractivity contribution is 0.0427. The lowest BCUT2D eigenvalue weighted by Crippen LogP contribution is -2.34. The van der Waals surface area contributed by atoms with Gasteiger partial charge in [0.05, 0.1) is 26.0 Å². The number of allylic oxidation sites excluding steroid dienone is 1. The first-order valence-electron chi connectivity index (χ1n) is 8.28. The molecule has 0 amide bonds. The van der Waals surface area contributed by atoms with Gasteiger partial charge in [0.1, 0.15) is 0 Å². The molecule has 1 aliphatic heterocycles. The highest BCUT2D eigenvalue weighted by molar-refractivity contribution is 7.88. The summed E-state index contributed by atoms with van der Waals surface area (Å²) < 4.78 is 50.6. The predicted octanol–water partition coefficient (Wildman–Crippen LogP) is 4.12. The number of hydrogen-bond acceptors (Lipinski definition) is 5. The molecule has 0 bridgehead atoms. The standard InChI is InChI=1S/C18H26NO5PS/c1-15(2)11-17(25(20)23-13-18(3,4)14-24-25)19(26(5,21)22)12-16-9-7-6-8-10-16/h6-10H,12-14H2,1-5H3. The van der Waals surface area contributed by atoms with Crippen LogP contribution >= 0.6 is 7.60 Å². The van der Waals surface area contributed by atoms with E-state index in [0.29, 0.717) is 5.57 Å². The zero-order valence-electron chi connectivity index (χ0n) is 15.9. The molecule has 0 radical (unpaired) electrons. The Morgan fingerprint density at radius 2 is 1.73 bits per heavy atom. The van der Waals surface area contributed by atoms with Crippen molar-refractivity contribution in [2.75, 3.05) is 19.5 Å². The number of benzene rings is 1. The summed E-state index contributed by atoms with van der Waals surface area (Å²) in [7, 11) is -7.55. The number of sulfonamides is 1. The predicted molar refractivity (Wildman–Crippen MR) is 102 cm³/mol. The molecule has 0 atom stereocenters. The average molecular weight is 399 g/mol.